The second-order valence-corrected chi connectivity index (χ2v) is 10.3. The third kappa shape index (κ3) is 5.55. The van der Waals surface area contributed by atoms with Crippen LogP contribution in [0.25, 0.3) is 0 Å². The Labute approximate surface area is 191 Å². The van der Waals surface area contributed by atoms with Gasteiger partial charge in [-0.2, -0.15) is 34.3 Å². The number of aromatic nitrogens is 3. The molecule has 0 unspecified atom stereocenters. The van der Waals surface area contributed by atoms with Crippen LogP contribution in [-0.2, 0) is 26.5 Å². The van der Waals surface area contributed by atoms with Crippen molar-refractivity contribution in [3.8, 4) is 17.2 Å². The van der Waals surface area contributed by atoms with Crippen LogP contribution in [0.4, 0.5) is 13.2 Å². The molecule has 0 spiro atoms. The van der Waals surface area contributed by atoms with Crippen LogP contribution in [0.2, 0.25) is 5.02 Å². The van der Waals surface area contributed by atoms with E-state index in [2.05, 4.69) is 10.1 Å². The first-order chi connectivity index (χ1) is 15.2. The molecular formula is C17H14ClF3N4O6S2. The Balaban J connectivity index is 1.74. The largest absolute Gasteiger partial charge is 0.456 e. The third-order valence-electron chi connectivity index (χ3n) is 3.89. The van der Waals surface area contributed by atoms with Crippen LogP contribution in [0.3, 0.4) is 0 Å². The molecule has 1 heterocycles. The maximum atomic E-state index is 12.7. The summed E-state index contributed by atoms with van der Waals surface area (Å²) in [5.41, 5.74) is -0.941. The summed E-state index contributed by atoms with van der Waals surface area (Å²) >= 11 is 5.83. The summed E-state index contributed by atoms with van der Waals surface area (Å²) in [6, 6.07) is 7.50. The molecule has 3 aromatic rings. The van der Waals surface area contributed by atoms with Crippen LogP contribution in [0, 0.1) is 0 Å². The Morgan fingerprint density at radius 1 is 1.00 bits per heavy atom. The van der Waals surface area contributed by atoms with Crippen molar-refractivity contribution >= 4 is 31.9 Å². The second kappa shape index (κ2) is 8.81. The van der Waals surface area contributed by atoms with Gasteiger partial charge < -0.3 is 8.92 Å². The van der Waals surface area contributed by atoms with Crippen molar-refractivity contribution in [1.29, 1.82) is 0 Å². The fraction of sp³-hybridized carbons (Fsp3) is 0.176. The number of ether oxygens (including phenoxy) is 1. The monoisotopic (exact) mass is 526 g/mol. The Morgan fingerprint density at radius 2 is 1.61 bits per heavy atom. The maximum absolute atomic E-state index is 12.7. The lowest BCUT2D eigenvalue weighted by Crippen LogP contribution is -2.29. The molecular weight excluding hydrogens is 513 g/mol. The quantitative estimate of drug-likeness (QED) is 0.430. The van der Waals surface area contributed by atoms with E-state index in [0.29, 0.717) is 16.5 Å². The van der Waals surface area contributed by atoms with Crippen molar-refractivity contribution in [2.75, 3.05) is 14.1 Å². The van der Waals surface area contributed by atoms with Gasteiger partial charge in [-0.25, -0.2) is 4.98 Å². The summed E-state index contributed by atoms with van der Waals surface area (Å²) in [6.07, 6.45) is -3.86. The number of alkyl halides is 3. The fourth-order valence-corrected chi connectivity index (χ4v) is 4.00. The minimum absolute atomic E-state index is 0.0530. The molecule has 0 bridgehead atoms. The number of rotatable bonds is 7. The van der Waals surface area contributed by atoms with Gasteiger partial charge in [-0.3, -0.25) is 0 Å². The highest BCUT2D eigenvalue weighted by molar-refractivity contribution is 7.87. The van der Waals surface area contributed by atoms with Gasteiger partial charge in [0.1, 0.15) is 23.6 Å². The summed E-state index contributed by atoms with van der Waals surface area (Å²) in [7, 11) is -6.19. The van der Waals surface area contributed by atoms with Crippen molar-refractivity contribution in [3.05, 3.63) is 59.4 Å². The first kappa shape index (κ1) is 24.8. The van der Waals surface area contributed by atoms with Gasteiger partial charge in [0.15, 0.2) is 0 Å². The van der Waals surface area contributed by atoms with Crippen molar-refractivity contribution in [3.63, 3.8) is 0 Å². The van der Waals surface area contributed by atoms with Gasteiger partial charge >= 0.3 is 31.7 Å². The highest BCUT2D eigenvalue weighted by Crippen LogP contribution is 2.36. The second-order valence-electron chi connectivity index (χ2n) is 6.44. The summed E-state index contributed by atoms with van der Waals surface area (Å²) in [5, 5.41) is 2.26. The van der Waals surface area contributed by atoms with Gasteiger partial charge in [-0.1, -0.05) is 11.6 Å². The molecule has 0 saturated carbocycles. The Bertz CT molecular complexity index is 1370. The molecule has 2 aromatic carbocycles. The van der Waals surface area contributed by atoms with E-state index >= 15 is 0 Å². The molecule has 0 radical (unpaired) electrons. The van der Waals surface area contributed by atoms with E-state index in [9.17, 15) is 30.0 Å². The summed E-state index contributed by atoms with van der Waals surface area (Å²) in [6.45, 7) is 0. The molecule has 33 heavy (non-hydrogen) atoms. The van der Waals surface area contributed by atoms with E-state index in [1.165, 1.54) is 38.4 Å². The average Bonchev–Trinajstić information content (AvgIpc) is 3.22. The fourth-order valence-electron chi connectivity index (χ4n) is 2.24. The summed E-state index contributed by atoms with van der Waals surface area (Å²) in [4.78, 5) is 3.45. The van der Waals surface area contributed by atoms with Crippen LogP contribution in [0.5, 0.6) is 17.2 Å². The molecule has 178 valence electrons. The molecule has 0 aliphatic heterocycles. The molecule has 0 N–H and O–H groups in total. The van der Waals surface area contributed by atoms with E-state index in [1.807, 2.05) is 0 Å². The van der Waals surface area contributed by atoms with Crippen LogP contribution in [0.1, 0.15) is 5.56 Å². The molecule has 1 aromatic heterocycles. The minimum Gasteiger partial charge on any atom is -0.456 e. The van der Waals surface area contributed by atoms with E-state index < -0.39 is 37.2 Å². The molecule has 10 nitrogen and oxygen atoms in total. The highest BCUT2D eigenvalue weighted by atomic mass is 35.5. The number of nitrogens with zero attached hydrogens (tertiary/aromatic N) is 4. The zero-order valence-corrected chi connectivity index (χ0v) is 19.1. The van der Waals surface area contributed by atoms with Gasteiger partial charge in [0.05, 0.1) is 10.6 Å². The summed E-state index contributed by atoms with van der Waals surface area (Å²) in [5.74, 6) is -0.114. The molecule has 0 amide bonds. The van der Waals surface area contributed by atoms with Gasteiger partial charge in [-0.15, -0.1) is 9.19 Å². The molecule has 0 aliphatic carbocycles. The summed E-state index contributed by atoms with van der Waals surface area (Å²) < 4.78 is 98.2. The highest BCUT2D eigenvalue weighted by Gasteiger charge is 2.31. The normalized spacial score (nSPS) is 12.7. The number of hydrogen-bond donors (Lipinski definition) is 0. The van der Waals surface area contributed by atoms with E-state index in [-0.39, 0.29) is 22.3 Å². The van der Waals surface area contributed by atoms with Crippen LogP contribution in [0.15, 0.2) is 53.9 Å². The predicted octanol–water partition coefficient (Wildman–Crippen LogP) is 3.16. The Morgan fingerprint density at radius 3 is 2.15 bits per heavy atom. The lowest BCUT2D eigenvalue weighted by Gasteiger charge is -2.11. The van der Waals surface area contributed by atoms with Gasteiger partial charge in [-0.05, 0) is 42.5 Å². The lowest BCUT2D eigenvalue weighted by atomic mass is 10.2. The Kier molecular flexibility index (Phi) is 6.61. The van der Waals surface area contributed by atoms with E-state index in [4.69, 9.17) is 20.5 Å². The molecule has 0 saturated heterocycles. The molecule has 0 atom stereocenters. The van der Waals surface area contributed by atoms with E-state index in [0.717, 1.165) is 16.4 Å². The molecule has 0 fully saturated rings. The van der Waals surface area contributed by atoms with Crippen LogP contribution in [-0.4, -0.2) is 49.4 Å². The van der Waals surface area contributed by atoms with Gasteiger partial charge in [0.2, 0.25) is 0 Å². The Hall–Kier alpha value is -2.88. The number of benzene rings is 2. The zero-order valence-electron chi connectivity index (χ0n) is 16.7. The predicted molar refractivity (Wildman–Crippen MR) is 109 cm³/mol. The first-order valence-corrected chi connectivity index (χ1v) is 11.8. The van der Waals surface area contributed by atoms with Gasteiger partial charge in [0.25, 0.3) is 0 Å². The van der Waals surface area contributed by atoms with Crippen molar-refractivity contribution in [2.24, 2.45) is 0 Å². The van der Waals surface area contributed by atoms with Crippen LogP contribution >= 0.6 is 11.6 Å². The minimum atomic E-state index is -4.57. The zero-order chi connectivity index (χ0) is 24.6. The number of halogens is 4. The van der Waals surface area contributed by atoms with E-state index in [1.54, 1.807) is 0 Å². The number of hydrogen-bond acceptors (Lipinski definition) is 8. The molecule has 0 aliphatic rings. The molecule has 16 heteroatoms. The SMILES string of the molecule is CN(C)S(=O)(=O)n1cnc(S(=O)(=O)Oc2ccc(Oc3ccc(C(F)(F)F)cc3Cl)cc2)n1. The first-order valence-electron chi connectivity index (χ1n) is 8.64. The standard InChI is InChI=1S/C17H14ClF3N4O6S2/c1-24(2)33(28,29)25-10-22-16(23-25)32(26,27)31-13-6-4-12(5-7-13)30-15-8-3-11(9-14(15)18)17(19,20)21/h3-10H,1-2H3. The molecule has 3 rings (SSSR count). The van der Waals surface area contributed by atoms with Gasteiger partial charge in [0, 0.05) is 14.1 Å². The van der Waals surface area contributed by atoms with Crippen LogP contribution < -0.4 is 8.92 Å². The van der Waals surface area contributed by atoms with Crippen molar-refractivity contribution in [1.82, 2.24) is 18.5 Å². The lowest BCUT2D eigenvalue weighted by molar-refractivity contribution is -0.137. The van der Waals surface area contributed by atoms with Crippen molar-refractivity contribution in [2.45, 2.75) is 11.3 Å². The smallest absolute Gasteiger partial charge is 0.416 e. The third-order valence-corrected chi connectivity index (χ3v) is 6.80. The van der Waals surface area contributed by atoms with Crippen molar-refractivity contribution < 1.29 is 38.9 Å². The topological polar surface area (TPSA) is 121 Å². The average molecular weight is 527 g/mol. The maximum Gasteiger partial charge on any atom is 0.416 e.